The first-order valence-electron chi connectivity index (χ1n) is 6.02. The average Bonchev–Trinajstić information content (AvgIpc) is 2.42. The lowest BCUT2D eigenvalue weighted by Gasteiger charge is -2.12. The van der Waals surface area contributed by atoms with Crippen molar-refractivity contribution in [2.75, 3.05) is 4.72 Å². The number of aliphatic hydroxyl groups is 1. The monoisotopic (exact) mass is 345 g/mol. The molecule has 21 heavy (non-hydrogen) atoms. The van der Waals surface area contributed by atoms with Gasteiger partial charge in [0.1, 0.15) is 4.90 Å². The van der Waals surface area contributed by atoms with E-state index in [0.29, 0.717) is 10.6 Å². The van der Waals surface area contributed by atoms with Crippen LogP contribution in [0.15, 0.2) is 41.3 Å². The molecule has 2 aromatic rings. The number of aliphatic hydroxyl groups excluding tert-OH is 1. The minimum absolute atomic E-state index is 0.0722. The molecule has 0 saturated carbocycles. The highest BCUT2D eigenvalue weighted by Gasteiger charge is 2.19. The minimum atomic E-state index is -3.89. The third-order valence-corrected chi connectivity index (χ3v) is 5.00. The van der Waals surface area contributed by atoms with Crippen molar-refractivity contribution in [2.24, 2.45) is 0 Å². The molecule has 2 rings (SSSR count). The Labute approximate surface area is 133 Å². The lowest BCUT2D eigenvalue weighted by Crippen LogP contribution is -2.14. The lowest BCUT2D eigenvalue weighted by atomic mass is 10.2. The summed E-state index contributed by atoms with van der Waals surface area (Å²) in [5.74, 6) is 0. The van der Waals surface area contributed by atoms with Crippen LogP contribution in [0.4, 0.5) is 5.69 Å². The molecular weight excluding hydrogens is 333 g/mol. The van der Waals surface area contributed by atoms with Crippen LogP contribution in [-0.2, 0) is 16.6 Å². The van der Waals surface area contributed by atoms with E-state index in [1.165, 1.54) is 12.1 Å². The second kappa shape index (κ2) is 6.23. The highest BCUT2D eigenvalue weighted by atomic mass is 35.5. The number of rotatable bonds is 4. The number of halogens is 2. The largest absolute Gasteiger partial charge is 0.392 e. The fourth-order valence-corrected chi connectivity index (χ4v) is 3.72. The Hall–Kier alpha value is -1.27. The average molecular weight is 346 g/mol. The summed E-state index contributed by atoms with van der Waals surface area (Å²) in [6, 6.07) is 9.30. The smallest absolute Gasteiger partial charge is 0.263 e. The van der Waals surface area contributed by atoms with Crippen LogP contribution in [0.1, 0.15) is 11.1 Å². The predicted octanol–water partition coefficient (Wildman–Crippen LogP) is 3.59. The molecule has 0 spiro atoms. The molecule has 0 aliphatic rings. The van der Waals surface area contributed by atoms with E-state index < -0.39 is 10.0 Å². The van der Waals surface area contributed by atoms with E-state index in [4.69, 9.17) is 28.3 Å². The highest BCUT2D eigenvalue weighted by molar-refractivity contribution is 7.92. The van der Waals surface area contributed by atoms with Crippen LogP contribution in [0.25, 0.3) is 0 Å². The SMILES string of the molecule is Cc1ccc(NS(=O)(=O)c2cc(CO)ccc2Cl)c(Cl)c1. The molecule has 0 heterocycles. The van der Waals surface area contributed by atoms with Crippen LogP contribution < -0.4 is 4.72 Å². The second-order valence-corrected chi connectivity index (χ2v) is 6.98. The first kappa shape index (κ1) is 16.1. The van der Waals surface area contributed by atoms with Gasteiger partial charge in [-0.1, -0.05) is 35.3 Å². The van der Waals surface area contributed by atoms with Gasteiger partial charge in [-0.3, -0.25) is 4.72 Å². The van der Waals surface area contributed by atoms with Gasteiger partial charge in [-0.05, 0) is 42.3 Å². The summed E-state index contributed by atoms with van der Waals surface area (Å²) in [6.07, 6.45) is 0. The van der Waals surface area contributed by atoms with Crippen molar-refractivity contribution in [1.82, 2.24) is 0 Å². The van der Waals surface area contributed by atoms with Crippen LogP contribution in [-0.4, -0.2) is 13.5 Å². The number of aryl methyl sites for hydroxylation is 1. The van der Waals surface area contributed by atoms with Gasteiger partial charge in [-0.15, -0.1) is 0 Å². The van der Waals surface area contributed by atoms with Crippen molar-refractivity contribution < 1.29 is 13.5 Å². The zero-order valence-electron chi connectivity index (χ0n) is 11.1. The van der Waals surface area contributed by atoms with E-state index in [2.05, 4.69) is 4.72 Å². The van der Waals surface area contributed by atoms with Crippen molar-refractivity contribution in [3.8, 4) is 0 Å². The number of anilines is 1. The maximum Gasteiger partial charge on any atom is 0.263 e. The molecule has 0 fully saturated rings. The molecule has 0 atom stereocenters. The minimum Gasteiger partial charge on any atom is -0.392 e. The van der Waals surface area contributed by atoms with Crippen LogP contribution in [0, 0.1) is 6.92 Å². The van der Waals surface area contributed by atoms with Gasteiger partial charge < -0.3 is 5.11 Å². The summed E-state index contributed by atoms with van der Waals surface area (Å²) in [5.41, 5.74) is 1.64. The summed E-state index contributed by atoms with van der Waals surface area (Å²) in [4.78, 5) is -0.104. The first-order valence-corrected chi connectivity index (χ1v) is 8.25. The van der Waals surface area contributed by atoms with Crippen LogP contribution in [0.5, 0.6) is 0 Å². The summed E-state index contributed by atoms with van der Waals surface area (Å²) >= 11 is 12.0. The zero-order chi connectivity index (χ0) is 15.6. The van der Waals surface area contributed by atoms with Crippen molar-refractivity contribution in [3.05, 3.63) is 57.6 Å². The van der Waals surface area contributed by atoms with E-state index in [9.17, 15) is 8.42 Å². The van der Waals surface area contributed by atoms with Gasteiger partial charge >= 0.3 is 0 Å². The van der Waals surface area contributed by atoms with Crippen molar-refractivity contribution in [3.63, 3.8) is 0 Å². The third kappa shape index (κ3) is 3.68. The normalized spacial score (nSPS) is 11.4. The van der Waals surface area contributed by atoms with Gasteiger partial charge in [0.25, 0.3) is 10.0 Å². The first-order chi connectivity index (χ1) is 9.83. The summed E-state index contributed by atoms with van der Waals surface area (Å²) in [7, 11) is -3.89. The van der Waals surface area contributed by atoms with Crippen molar-refractivity contribution >= 4 is 38.9 Å². The summed E-state index contributed by atoms with van der Waals surface area (Å²) < 4.78 is 27.2. The van der Waals surface area contributed by atoms with Gasteiger partial charge in [0.2, 0.25) is 0 Å². The van der Waals surface area contributed by atoms with Crippen molar-refractivity contribution in [2.45, 2.75) is 18.4 Å². The highest BCUT2D eigenvalue weighted by Crippen LogP contribution is 2.28. The molecule has 2 aromatic carbocycles. The molecule has 0 saturated heterocycles. The molecule has 4 nitrogen and oxygen atoms in total. The van der Waals surface area contributed by atoms with E-state index in [0.717, 1.165) is 5.56 Å². The Morgan fingerprint density at radius 2 is 1.81 bits per heavy atom. The Morgan fingerprint density at radius 3 is 2.43 bits per heavy atom. The lowest BCUT2D eigenvalue weighted by molar-refractivity contribution is 0.281. The summed E-state index contributed by atoms with van der Waals surface area (Å²) in [5, 5.41) is 9.47. The van der Waals surface area contributed by atoms with Gasteiger partial charge in [0.05, 0.1) is 22.3 Å². The van der Waals surface area contributed by atoms with Crippen LogP contribution in [0.2, 0.25) is 10.0 Å². The molecule has 0 aromatic heterocycles. The van der Waals surface area contributed by atoms with Crippen molar-refractivity contribution in [1.29, 1.82) is 0 Å². The molecule has 112 valence electrons. The quantitative estimate of drug-likeness (QED) is 0.889. The van der Waals surface area contributed by atoms with Gasteiger partial charge in [0, 0.05) is 0 Å². The number of nitrogens with one attached hydrogen (secondary N) is 1. The van der Waals surface area contributed by atoms with Gasteiger partial charge in [-0.2, -0.15) is 0 Å². The summed E-state index contributed by atoms with van der Waals surface area (Å²) in [6.45, 7) is 1.58. The Kier molecular flexibility index (Phi) is 4.78. The predicted molar refractivity (Wildman–Crippen MR) is 84.4 cm³/mol. The van der Waals surface area contributed by atoms with Crippen LogP contribution >= 0.6 is 23.2 Å². The Bertz CT molecular complexity index is 776. The molecule has 0 unspecified atom stereocenters. The van der Waals surface area contributed by atoms with E-state index in [1.54, 1.807) is 24.3 Å². The fourth-order valence-electron chi connectivity index (χ4n) is 1.75. The van der Waals surface area contributed by atoms with E-state index in [1.807, 2.05) is 6.92 Å². The number of hydrogen-bond donors (Lipinski definition) is 2. The maximum atomic E-state index is 12.4. The van der Waals surface area contributed by atoms with Gasteiger partial charge in [-0.25, -0.2) is 8.42 Å². The number of hydrogen-bond acceptors (Lipinski definition) is 3. The Morgan fingerprint density at radius 1 is 1.10 bits per heavy atom. The van der Waals surface area contributed by atoms with E-state index in [-0.39, 0.29) is 22.2 Å². The molecule has 2 N–H and O–H groups in total. The molecule has 0 aliphatic carbocycles. The van der Waals surface area contributed by atoms with Gasteiger partial charge in [0.15, 0.2) is 0 Å². The standard InChI is InChI=1S/C14H13Cl2NO3S/c1-9-2-5-13(12(16)6-9)17-21(19,20)14-7-10(8-18)3-4-11(14)15/h2-7,17-18H,8H2,1H3. The molecule has 7 heteroatoms. The molecule has 0 radical (unpaired) electrons. The third-order valence-electron chi connectivity index (χ3n) is 2.84. The maximum absolute atomic E-state index is 12.4. The zero-order valence-corrected chi connectivity index (χ0v) is 13.4. The number of benzene rings is 2. The Balaban J connectivity index is 2.43. The molecule has 0 aliphatic heterocycles. The molecular formula is C14H13Cl2NO3S. The fraction of sp³-hybridized carbons (Fsp3) is 0.143. The molecule has 0 amide bonds. The second-order valence-electron chi connectivity index (χ2n) is 4.51. The molecule has 0 bridgehead atoms. The number of sulfonamides is 1. The topological polar surface area (TPSA) is 66.4 Å². The van der Waals surface area contributed by atoms with E-state index >= 15 is 0 Å². The van der Waals surface area contributed by atoms with Crippen LogP contribution in [0.3, 0.4) is 0 Å².